The highest BCUT2D eigenvalue weighted by Crippen LogP contribution is 2.12. The van der Waals surface area contributed by atoms with Gasteiger partial charge in [0.1, 0.15) is 0 Å². The third kappa shape index (κ3) is 25.2. The zero-order valence-electron chi connectivity index (χ0n) is 20.9. The van der Waals surface area contributed by atoms with Gasteiger partial charge in [-0.1, -0.05) is 116 Å². The van der Waals surface area contributed by atoms with Crippen molar-refractivity contribution in [2.45, 2.75) is 149 Å². The Morgan fingerprint density at radius 1 is 0.667 bits per heavy atom. The molecular weight excluding hydrogens is 368 g/mol. The van der Waals surface area contributed by atoms with Crippen LogP contribution in [0, 0.1) is 5.92 Å². The van der Waals surface area contributed by atoms with Crippen LogP contribution in [-0.2, 0) is 9.53 Å². The lowest BCUT2D eigenvalue weighted by atomic mass is 10.0. The van der Waals surface area contributed by atoms with Crippen molar-refractivity contribution in [2.75, 3.05) is 6.61 Å². The summed E-state index contributed by atoms with van der Waals surface area (Å²) < 4.78 is 5.36. The second kappa shape index (κ2) is 24.5. The van der Waals surface area contributed by atoms with E-state index in [4.69, 9.17) is 4.74 Å². The molecule has 0 aliphatic carbocycles. The molecule has 0 aromatic carbocycles. The maximum atomic E-state index is 11.8. The van der Waals surface area contributed by atoms with Gasteiger partial charge in [0.15, 0.2) is 0 Å². The third-order valence-corrected chi connectivity index (χ3v) is 5.83. The predicted molar refractivity (Wildman–Crippen MR) is 133 cm³/mol. The number of ether oxygens (including phenoxy) is 1. The normalized spacial score (nSPS) is 11.6. The fraction of sp³-hybridized carbons (Fsp3) is 0.893. The molecule has 0 atom stereocenters. The SMILES string of the molecule is CCCCCCCC/C=C\CCCCCCCC(=O)OCCCCCCCC(C)C. The van der Waals surface area contributed by atoms with Crippen molar-refractivity contribution in [3.63, 3.8) is 0 Å². The van der Waals surface area contributed by atoms with E-state index in [9.17, 15) is 4.79 Å². The van der Waals surface area contributed by atoms with Gasteiger partial charge in [0.25, 0.3) is 0 Å². The van der Waals surface area contributed by atoms with Gasteiger partial charge in [-0.25, -0.2) is 0 Å². The average molecular weight is 423 g/mol. The number of carbonyl (C=O) groups is 1. The molecule has 0 radical (unpaired) electrons. The second-order valence-electron chi connectivity index (χ2n) is 9.51. The lowest BCUT2D eigenvalue weighted by Crippen LogP contribution is -2.05. The summed E-state index contributed by atoms with van der Waals surface area (Å²) in [6.45, 7) is 7.47. The topological polar surface area (TPSA) is 26.3 Å². The van der Waals surface area contributed by atoms with Gasteiger partial charge in [0.2, 0.25) is 0 Å². The lowest BCUT2D eigenvalue weighted by molar-refractivity contribution is -0.143. The van der Waals surface area contributed by atoms with E-state index < -0.39 is 0 Å². The first-order valence-corrected chi connectivity index (χ1v) is 13.5. The van der Waals surface area contributed by atoms with Gasteiger partial charge in [-0.15, -0.1) is 0 Å². The molecule has 2 nitrogen and oxygen atoms in total. The van der Waals surface area contributed by atoms with Crippen LogP contribution in [-0.4, -0.2) is 12.6 Å². The van der Waals surface area contributed by atoms with Crippen molar-refractivity contribution in [2.24, 2.45) is 5.92 Å². The highest BCUT2D eigenvalue weighted by molar-refractivity contribution is 5.69. The van der Waals surface area contributed by atoms with Crippen molar-refractivity contribution in [1.29, 1.82) is 0 Å². The highest BCUT2D eigenvalue weighted by atomic mass is 16.5. The van der Waals surface area contributed by atoms with Crippen LogP contribution < -0.4 is 0 Å². The standard InChI is InChI=1S/C28H54O2/c1-4-5-6-7-8-9-10-11-12-13-14-15-16-19-22-25-28(29)30-26-23-20-17-18-21-24-27(2)3/h11-12,27H,4-10,13-26H2,1-3H3/b12-11-. The number of carbonyl (C=O) groups excluding carboxylic acids is 1. The summed E-state index contributed by atoms with van der Waals surface area (Å²) in [4.78, 5) is 11.8. The summed E-state index contributed by atoms with van der Waals surface area (Å²) in [5.74, 6) is 0.829. The lowest BCUT2D eigenvalue weighted by Gasteiger charge is -2.06. The summed E-state index contributed by atoms with van der Waals surface area (Å²) in [5, 5.41) is 0. The minimum Gasteiger partial charge on any atom is -0.466 e. The molecule has 0 amide bonds. The van der Waals surface area contributed by atoms with Gasteiger partial charge in [-0.2, -0.15) is 0 Å². The Bertz CT molecular complexity index is 373. The first kappa shape index (κ1) is 29.2. The maximum absolute atomic E-state index is 11.8. The van der Waals surface area contributed by atoms with E-state index in [2.05, 4.69) is 32.9 Å². The van der Waals surface area contributed by atoms with Gasteiger partial charge in [-0.3, -0.25) is 4.79 Å². The molecule has 0 fully saturated rings. The molecule has 0 rings (SSSR count). The second-order valence-corrected chi connectivity index (χ2v) is 9.51. The van der Waals surface area contributed by atoms with Crippen LogP contribution in [0.25, 0.3) is 0 Å². The van der Waals surface area contributed by atoms with E-state index in [1.54, 1.807) is 0 Å². The molecule has 0 heterocycles. The molecule has 0 unspecified atom stereocenters. The summed E-state index contributed by atoms with van der Waals surface area (Å²) in [7, 11) is 0. The largest absolute Gasteiger partial charge is 0.466 e. The molecule has 0 aliphatic heterocycles. The fourth-order valence-corrected chi connectivity index (χ4v) is 3.78. The monoisotopic (exact) mass is 422 g/mol. The Balaban J connectivity index is 3.21. The number of rotatable bonds is 23. The van der Waals surface area contributed by atoms with Crippen LogP contribution in [0.15, 0.2) is 12.2 Å². The number of esters is 1. The Labute approximate surface area is 189 Å². The van der Waals surface area contributed by atoms with E-state index in [0.717, 1.165) is 25.2 Å². The van der Waals surface area contributed by atoms with Crippen molar-refractivity contribution in [1.82, 2.24) is 0 Å². The number of allylic oxidation sites excluding steroid dienone is 2. The van der Waals surface area contributed by atoms with Crippen molar-refractivity contribution >= 4 is 5.97 Å². The zero-order valence-corrected chi connectivity index (χ0v) is 20.9. The summed E-state index contributed by atoms with van der Waals surface area (Å²) in [5.41, 5.74) is 0. The van der Waals surface area contributed by atoms with Crippen LogP contribution in [0.5, 0.6) is 0 Å². The summed E-state index contributed by atoms with van der Waals surface area (Å²) in [6.07, 6.45) is 29.6. The van der Waals surface area contributed by atoms with Gasteiger partial charge in [0.05, 0.1) is 6.61 Å². The molecule has 0 aromatic rings. The van der Waals surface area contributed by atoms with Crippen LogP contribution >= 0.6 is 0 Å². The Morgan fingerprint density at radius 2 is 1.17 bits per heavy atom. The molecule has 0 saturated carbocycles. The summed E-state index contributed by atoms with van der Waals surface area (Å²) in [6, 6.07) is 0. The number of unbranched alkanes of at least 4 members (excludes halogenated alkanes) is 15. The maximum Gasteiger partial charge on any atom is 0.305 e. The van der Waals surface area contributed by atoms with Crippen molar-refractivity contribution in [3.8, 4) is 0 Å². The Hall–Kier alpha value is -0.790. The predicted octanol–water partition coefficient (Wildman–Crippen LogP) is 9.56. The molecule has 178 valence electrons. The van der Waals surface area contributed by atoms with E-state index in [-0.39, 0.29) is 5.97 Å². The van der Waals surface area contributed by atoms with Gasteiger partial charge < -0.3 is 4.74 Å². The Kier molecular flexibility index (Phi) is 23.8. The first-order chi connectivity index (χ1) is 14.7. The molecule has 0 spiro atoms. The Morgan fingerprint density at radius 3 is 1.77 bits per heavy atom. The van der Waals surface area contributed by atoms with Crippen molar-refractivity contribution in [3.05, 3.63) is 12.2 Å². The molecule has 0 aliphatic rings. The van der Waals surface area contributed by atoms with E-state index in [1.807, 2.05) is 0 Å². The molecule has 2 heteroatoms. The quantitative estimate of drug-likeness (QED) is 0.0930. The summed E-state index contributed by atoms with van der Waals surface area (Å²) >= 11 is 0. The van der Waals surface area contributed by atoms with Crippen LogP contribution in [0.3, 0.4) is 0 Å². The van der Waals surface area contributed by atoms with E-state index in [0.29, 0.717) is 13.0 Å². The third-order valence-electron chi connectivity index (χ3n) is 5.83. The molecular formula is C28H54O2. The number of hydrogen-bond acceptors (Lipinski definition) is 2. The zero-order chi connectivity index (χ0) is 22.1. The highest BCUT2D eigenvalue weighted by Gasteiger charge is 2.02. The molecule has 0 N–H and O–H groups in total. The smallest absolute Gasteiger partial charge is 0.305 e. The average Bonchev–Trinajstić information content (AvgIpc) is 2.72. The fourth-order valence-electron chi connectivity index (χ4n) is 3.78. The molecule has 0 saturated heterocycles. The van der Waals surface area contributed by atoms with Crippen LogP contribution in [0.2, 0.25) is 0 Å². The molecule has 0 aromatic heterocycles. The van der Waals surface area contributed by atoms with Crippen LogP contribution in [0.4, 0.5) is 0 Å². The van der Waals surface area contributed by atoms with Crippen LogP contribution in [0.1, 0.15) is 149 Å². The van der Waals surface area contributed by atoms with Gasteiger partial charge in [0, 0.05) is 6.42 Å². The van der Waals surface area contributed by atoms with E-state index >= 15 is 0 Å². The van der Waals surface area contributed by atoms with Gasteiger partial charge in [-0.05, 0) is 44.4 Å². The number of hydrogen-bond donors (Lipinski definition) is 0. The molecule has 0 bridgehead atoms. The minimum absolute atomic E-state index is 0.00688. The minimum atomic E-state index is 0.00688. The van der Waals surface area contributed by atoms with Crippen molar-refractivity contribution < 1.29 is 9.53 Å². The van der Waals surface area contributed by atoms with Gasteiger partial charge >= 0.3 is 5.97 Å². The molecule has 30 heavy (non-hydrogen) atoms. The van der Waals surface area contributed by atoms with E-state index in [1.165, 1.54) is 103 Å². The first-order valence-electron chi connectivity index (χ1n) is 13.5.